The molecule has 2 rings (SSSR count). The molecule has 0 heterocycles. The van der Waals surface area contributed by atoms with Crippen LogP contribution in [0.4, 0.5) is 4.39 Å². The molecular formula is C20H22FNO5. The van der Waals surface area contributed by atoms with Crippen molar-refractivity contribution < 1.29 is 28.6 Å². The highest BCUT2D eigenvalue weighted by molar-refractivity contribution is 5.84. The number of rotatable bonds is 8. The van der Waals surface area contributed by atoms with Crippen molar-refractivity contribution in [2.45, 2.75) is 25.8 Å². The topological polar surface area (TPSA) is 84.9 Å². The van der Waals surface area contributed by atoms with Crippen LogP contribution in [0.5, 0.6) is 11.5 Å². The van der Waals surface area contributed by atoms with Gasteiger partial charge in [0.25, 0.3) is 0 Å². The van der Waals surface area contributed by atoms with E-state index in [9.17, 15) is 19.1 Å². The van der Waals surface area contributed by atoms with Gasteiger partial charge in [0.2, 0.25) is 5.91 Å². The molecule has 0 saturated carbocycles. The van der Waals surface area contributed by atoms with Gasteiger partial charge in [0.05, 0.1) is 14.2 Å². The van der Waals surface area contributed by atoms with Crippen molar-refractivity contribution >= 4 is 11.9 Å². The number of carboxylic acid groups (broad SMARTS) is 1. The fourth-order valence-corrected chi connectivity index (χ4v) is 2.69. The number of carbonyl (C=O) groups is 2. The minimum atomic E-state index is -1.25. The molecule has 0 aliphatic heterocycles. The molecule has 0 spiro atoms. The second-order valence-electron chi connectivity index (χ2n) is 6.03. The second kappa shape index (κ2) is 9.02. The Morgan fingerprint density at radius 3 is 2.48 bits per heavy atom. The highest BCUT2D eigenvalue weighted by atomic mass is 19.1. The Kier molecular flexibility index (Phi) is 6.76. The molecule has 1 unspecified atom stereocenters. The molecule has 0 bridgehead atoms. The van der Waals surface area contributed by atoms with E-state index in [4.69, 9.17) is 9.47 Å². The number of aliphatic carboxylic acids is 1. The third-order valence-corrected chi connectivity index (χ3v) is 4.18. The van der Waals surface area contributed by atoms with Crippen LogP contribution in [-0.2, 0) is 16.0 Å². The summed E-state index contributed by atoms with van der Waals surface area (Å²) in [7, 11) is 3.07. The van der Waals surface area contributed by atoms with E-state index in [1.807, 2.05) is 0 Å². The Labute approximate surface area is 156 Å². The van der Waals surface area contributed by atoms with Gasteiger partial charge in [0, 0.05) is 6.42 Å². The quantitative estimate of drug-likeness (QED) is 0.741. The first-order valence-corrected chi connectivity index (χ1v) is 8.34. The summed E-state index contributed by atoms with van der Waals surface area (Å²) in [5, 5.41) is 11.9. The van der Waals surface area contributed by atoms with Gasteiger partial charge < -0.3 is 19.9 Å². The molecule has 1 amide bonds. The van der Waals surface area contributed by atoms with E-state index < -0.39 is 23.7 Å². The average molecular weight is 375 g/mol. The molecule has 7 heteroatoms. The van der Waals surface area contributed by atoms with E-state index >= 15 is 0 Å². The van der Waals surface area contributed by atoms with Crippen LogP contribution in [0.25, 0.3) is 0 Å². The number of carboxylic acids is 1. The lowest BCUT2D eigenvalue weighted by atomic mass is 10.0. The van der Waals surface area contributed by atoms with Gasteiger partial charge in [-0.3, -0.25) is 4.79 Å². The van der Waals surface area contributed by atoms with E-state index in [1.165, 1.54) is 32.2 Å². The summed E-state index contributed by atoms with van der Waals surface area (Å²) in [6, 6.07) is 7.97. The number of nitrogens with one attached hydrogen (secondary N) is 1. The zero-order valence-corrected chi connectivity index (χ0v) is 15.4. The minimum absolute atomic E-state index is 0.0630. The Bertz CT molecular complexity index is 837. The van der Waals surface area contributed by atoms with E-state index in [2.05, 4.69) is 5.32 Å². The third-order valence-electron chi connectivity index (χ3n) is 4.18. The van der Waals surface area contributed by atoms with E-state index in [0.717, 1.165) is 5.56 Å². The molecular weight excluding hydrogens is 353 g/mol. The molecule has 2 N–H and O–H groups in total. The van der Waals surface area contributed by atoms with Gasteiger partial charge in [-0.15, -0.1) is 0 Å². The number of ether oxygens (including phenoxy) is 2. The predicted molar refractivity (Wildman–Crippen MR) is 97.5 cm³/mol. The number of methoxy groups -OCH3 is 2. The molecule has 2 aromatic carbocycles. The number of benzene rings is 2. The van der Waals surface area contributed by atoms with E-state index in [1.54, 1.807) is 25.3 Å². The van der Waals surface area contributed by atoms with Crippen molar-refractivity contribution in [3.8, 4) is 11.5 Å². The van der Waals surface area contributed by atoms with Gasteiger partial charge in [-0.1, -0.05) is 12.1 Å². The fourth-order valence-electron chi connectivity index (χ4n) is 2.69. The Morgan fingerprint density at radius 2 is 1.89 bits per heavy atom. The maximum absolute atomic E-state index is 13.4. The summed E-state index contributed by atoms with van der Waals surface area (Å²) in [6.07, 6.45) is 0.411. The van der Waals surface area contributed by atoms with Gasteiger partial charge in [-0.05, 0) is 54.3 Å². The van der Waals surface area contributed by atoms with Crippen LogP contribution in [0.2, 0.25) is 0 Å². The summed E-state index contributed by atoms with van der Waals surface area (Å²) in [5.74, 6) is -0.828. The molecule has 1 atom stereocenters. The van der Waals surface area contributed by atoms with Gasteiger partial charge in [0.15, 0.2) is 6.04 Å². The molecule has 0 aliphatic rings. The van der Waals surface area contributed by atoms with Crippen molar-refractivity contribution in [3.63, 3.8) is 0 Å². The lowest BCUT2D eigenvalue weighted by molar-refractivity contribution is -0.142. The molecule has 0 radical (unpaired) electrons. The SMILES string of the molecule is COc1ccc(OC)c(CCC(=O)NC(C(=O)O)c2ccc(F)c(C)c2)c1. The standard InChI is InChI=1S/C20H22FNO5/c1-12-10-14(4-7-16(12)21)19(20(24)25)22-18(23)9-5-13-11-15(26-2)6-8-17(13)27-3/h4,6-8,10-11,19H,5,9H2,1-3H3,(H,22,23)(H,24,25). The maximum atomic E-state index is 13.4. The number of aryl methyl sites for hydroxylation is 2. The van der Waals surface area contributed by atoms with Gasteiger partial charge in [0.1, 0.15) is 17.3 Å². The summed E-state index contributed by atoms with van der Waals surface area (Å²) in [4.78, 5) is 23.8. The van der Waals surface area contributed by atoms with Crippen molar-refractivity contribution in [3.05, 3.63) is 58.9 Å². The number of carbonyl (C=O) groups excluding carboxylic acids is 1. The lowest BCUT2D eigenvalue weighted by Crippen LogP contribution is -2.34. The largest absolute Gasteiger partial charge is 0.497 e. The first-order valence-electron chi connectivity index (χ1n) is 8.34. The molecule has 6 nitrogen and oxygen atoms in total. The first-order chi connectivity index (χ1) is 12.8. The zero-order valence-electron chi connectivity index (χ0n) is 15.4. The van der Waals surface area contributed by atoms with Crippen LogP contribution in [0.15, 0.2) is 36.4 Å². The van der Waals surface area contributed by atoms with Gasteiger partial charge >= 0.3 is 5.97 Å². The fraction of sp³-hybridized carbons (Fsp3) is 0.300. The van der Waals surface area contributed by atoms with Gasteiger partial charge in [-0.25, -0.2) is 9.18 Å². The maximum Gasteiger partial charge on any atom is 0.330 e. The number of hydrogen-bond donors (Lipinski definition) is 2. The molecule has 0 saturated heterocycles. The summed E-state index contributed by atoms with van der Waals surface area (Å²) >= 11 is 0. The van der Waals surface area contributed by atoms with Crippen LogP contribution in [0.3, 0.4) is 0 Å². The van der Waals surface area contributed by atoms with Crippen LogP contribution >= 0.6 is 0 Å². The number of halogens is 1. The van der Waals surface area contributed by atoms with Crippen molar-refractivity contribution in [1.82, 2.24) is 5.32 Å². The van der Waals surface area contributed by atoms with Crippen molar-refractivity contribution in [2.75, 3.05) is 14.2 Å². The smallest absolute Gasteiger partial charge is 0.330 e. The van der Waals surface area contributed by atoms with E-state index in [0.29, 0.717) is 29.0 Å². The summed E-state index contributed by atoms with van der Waals surface area (Å²) < 4.78 is 23.9. The highest BCUT2D eigenvalue weighted by Crippen LogP contribution is 2.25. The molecule has 144 valence electrons. The van der Waals surface area contributed by atoms with Crippen LogP contribution in [-0.4, -0.2) is 31.2 Å². The van der Waals surface area contributed by atoms with Crippen LogP contribution in [0.1, 0.15) is 29.2 Å². The molecule has 2 aromatic rings. The van der Waals surface area contributed by atoms with Crippen molar-refractivity contribution in [2.24, 2.45) is 0 Å². The third kappa shape index (κ3) is 5.20. The number of amides is 1. The predicted octanol–water partition coefficient (Wildman–Crippen LogP) is 3.03. The molecule has 0 aliphatic carbocycles. The van der Waals surface area contributed by atoms with Crippen LogP contribution < -0.4 is 14.8 Å². The Hall–Kier alpha value is -3.09. The normalized spacial score (nSPS) is 11.6. The average Bonchev–Trinajstić information content (AvgIpc) is 2.66. The summed E-state index contributed by atoms with van der Waals surface area (Å²) in [6.45, 7) is 1.54. The van der Waals surface area contributed by atoms with Crippen molar-refractivity contribution in [1.29, 1.82) is 0 Å². The Morgan fingerprint density at radius 1 is 1.15 bits per heavy atom. The highest BCUT2D eigenvalue weighted by Gasteiger charge is 2.22. The van der Waals surface area contributed by atoms with E-state index in [-0.39, 0.29) is 6.42 Å². The monoisotopic (exact) mass is 375 g/mol. The van der Waals surface area contributed by atoms with Gasteiger partial charge in [-0.2, -0.15) is 0 Å². The molecule has 0 fully saturated rings. The summed E-state index contributed by atoms with van der Waals surface area (Å²) in [5.41, 5.74) is 1.40. The molecule has 27 heavy (non-hydrogen) atoms. The van der Waals surface area contributed by atoms with Crippen LogP contribution in [0, 0.1) is 12.7 Å². The Balaban J connectivity index is 2.08. The number of hydrogen-bond acceptors (Lipinski definition) is 4. The first kappa shape index (κ1) is 20.2. The second-order valence-corrected chi connectivity index (χ2v) is 6.03. The zero-order chi connectivity index (χ0) is 20.0. The minimum Gasteiger partial charge on any atom is -0.497 e. The molecule has 0 aromatic heterocycles. The lowest BCUT2D eigenvalue weighted by Gasteiger charge is -2.16.